The van der Waals surface area contributed by atoms with Gasteiger partial charge in [0.2, 0.25) is 5.91 Å². The zero-order valence-corrected chi connectivity index (χ0v) is 19.6. The second kappa shape index (κ2) is 9.28. The lowest BCUT2D eigenvalue weighted by Crippen LogP contribution is -2.54. The smallest absolute Gasteiger partial charge is 0.417 e. The van der Waals surface area contributed by atoms with E-state index in [1.165, 1.54) is 10.5 Å². The van der Waals surface area contributed by atoms with Crippen molar-refractivity contribution in [1.82, 2.24) is 4.90 Å². The summed E-state index contributed by atoms with van der Waals surface area (Å²) in [6, 6.07) is 19.8. The van der Waals surface area contributed by atoms with E-state index in [4.69, 9.17) is 4.74 Å². The van der Waals surface area contributed by atoms with Crippen LogP contribution in [-0.4, -0.2) is 46.0 Å². The number of cyclic esters (lactones) is 1. The molecule has 0 spiro atoms. The monoisotopic (exact) mass is 453 g/mol. The zero-order chi connectivity index (χ0) is 22.9. The summed E-state index contributed by atoms with van der Waals surface area (Å²) in [5.41, 5.74) is 0.861. The zero-order valence-electron chi connectivity index (χ0n) is 18.8. The third-order valence-electron chi connectivity index (χ3n) is 6.55. The van der Waals surface area contributed by atoms with E-state index in [1.807, 2.05) is 69.3 Å². The van der Waals surface area contributed by atoms with Crippen molar-refractivity contribution < 1.29 is 19.4 Å². The number of hydrogen-bond acceptors (Lipinski definition) is 5. The number of ether oxygens (including phenoxy) is 1. The van der Waals surface area contributed by atoms with Crippen LogP contribution in [0.1, 0.15) is 45.1 Å². The van der Waals surface area contributed by atoms with Crippen LogP contribution in [0.2, 0.25) is 0 Å². The number of thioether (sulfide) groups is 1. The molecule has 0 bridgehead atoms. The third-order valence-corrected chi connectivity index (χ3v) is 7.89. The summed E-state index contributed by atoms with van der Waals surface area (Å²) in [4.78, 5) is 28.7. The van der Waals surface area contributed by atoms with Gasteiger partial charge in [0, 0.05) is 10.1 Å². The van der Waals surface area contributed by atoms with E-state index in [2.05, 4.69) is 12.1 Å². The maximum Gasteiger partial charge on any atom is 0.417 e. The predicted molar refractivity (Wildman–Crippen MR) is 125 cm³/mol. The van der Waals surface area contributed by atoms with Crippen LogP contribution < -0.4 is 0 Å². The van der Waals surface area contributed by atoms with Gasteiger partial charge in [-0.05, 0) is 41.9 Å². The number of rotatable bonds is 4. The van der Waals surface area contributed by atoms with Crippen LogP contribution in [0.5, 0.6) is 0 Å². The number of amides is 2. The van der Waals surface area contributed by atoms with Crippen molar-refractivity contribution in [3.8, 4) is 0 Å². The van der Waals surface area contributed by atoms with Gasteiger partial charge in [-0.25, -0.2) is 9.69 Å². The lowest BCUT2D eigenvalue weighted by atomic mass is 9.75. The Morgan fingerprint density at radius 1 is 1.03 bits per heavy atom. The van der Waals surface area contributed by atoms with Crippen LogP contribution in [0.3, 0.4) is 0 Å². The lowest BCUT2D eigenvalue weighted by molar-refractivity contribution is -0.140. The molecule has 1 N–H and O–H groups in total. The van der Waals surface area contributed by atoms with Crippen LogP contribution >= 0.6 is 11.8 Å². The van der Waals surface area contributed by atoms with Gasteiger partial charge in [0.15, 0.2) is 0 Å². The minimum atomic E-state index is -0.836. The number of aliphatic hydroxyl groups is 1. The molecule has 1 aliphatic carbocycles. The summed E-state index contributed by atoms with van der Waals surface area (Å²) in [6.07, 6.45) is -0.192. The molecule has 2 amide bonds. The molecule has 0 unspecified atom stereocenters. The number of benzene rings is 2. The van der Waals surface area contributed by atoms with Gasteiger partial charge in [-0.1, -0.05) is 69.3 Å². The van der Waals surface area contributed by atoms with Crippen molar-refractivity contribution >= 4 is 23.8 Å². The molecule has 2 aromatic carbocycles. The second-order valence-corrected chi connectivity index (χ2v) is 11.1. The Bertz CT molecular complexity index is 943. The fourth-order valence-electron chi connectivity index (χ4n) is 4.79. The summed E-state index contributed by atoms with van der Waals surface area (Å²) < 4.78 is 5.27. The molecule has 170 valence electrons. The van der Waals surface area contributed by atoms with Gasteiger partial charge in [-0.15, -0.1) is 11.8 Å². The highest BCUT2D eigenvalue weighted by molar-refractivity contribution is 8.00. The van der Waals surface area contributed by atoms with E-state index < -0.39 is 18.1 Å². The molecular formula is C26H31NO4S. The van der Waals surface area contributed by atoms with Crippen molar-refractivity contribution in [3.05, 3.63) is 66.2 Å². The van der Waals surface area contributed by atoms with Crippen LogP contribution in [0.15, 0.2) is 65.6 Å². The van der Waals surface area contributed by atoms with Gasteiger partial charge in [-0.3, -0.25) is 4.79 Å². The summed E-state index contributed by atoms with van der Waals surface area (Å²) >= 11 is 1.61. The number of imide groups is 1. The molecule has 0 aromatic heterocycles. The minimum absolute atomic E-state index is 0.153. The van der Waals surface area contributed by atoms with Gasteiger partial charge in [-0.2, -0.15) is 0 Å². The lowest BCUT2D eigenvalue weighted by Gasteiger charge is -2.41. The van der Waals surface area contributed by atoms with E-state index in [9.17, 15) is 14.7 Å². The Hall–Kier alpha value is -2.31. The Balaban J connectivity index is 1.65. The van der Waals surface area contributed by atoms with Crippen LogP contribution in [0.25, 0.3) is 0 Å². The molecule has 5 nitrogen and oxygen atoms in total. The standard InChI is InChI=1S/C26H31NO4S/c1-26(2,3)22-16-31-25(30)27(22)24(29)23-20(28)14-18(17-10-6-4-7-11-17)15-21(23)32-19-12-8-5-9-13-19/h4-13,18,20-23,28H,14-16H2,1-3H3/t18-,20-,21-,22+,23-/m1/s1. The first-order valence-corrected chi connectivity index (χ1v) is 12.1. The molecule has 1 saturated carbocycles. The normalized spacial score (nSPS) is 28.4. The van der Waals surface area contributed by atoms with Crippen LogP contribution in [0.4, 0.5) is 4.79 Å². The molecule has 5 atom stereocenters. The fraction of sp³-hybridized carbons (Fsp3) is 0.462. The number of carbonyl (C=O) groups is 2. The van der Waals surface area contributed by atoms with Crippen molar-refractivity contribution in [2.45, 2.75) is 61.8 Å². The highest BCUT2D eigenvalue weighted by Gasteiger charge is 2.51. The first kappa shape index (κ1) is 22.9. The number of carbonyl (C=O) groups excluding carboxylic acids is 2. The highest BCUT2D eigenvalue weighted by Crippen LogP contribution is 2.45. The molecule has 2 fully saturated rings. The first-order valence-electron chi connectivity index (χ1n) is 11.2. The quantitative estimate of drug-likeness (QED) is 0.698. The van der Waals surface area contributed by atoms with Crippen LogP contribution in [0, 0.1) is 11.3 Å². The van der Waals surface area contributed by atoms with Gasteiger partial charge in [0.05, 0.1) is 18.1 Å². The summed E-state index contributed by atoms with van der Waals surface area (Å²) in [5, 5.41) is 11.1. The molecular weight excluding hydrogens is 422 g/mol. The SMILES string of the molecule is CC(C)(C)[C@@H]1COC(=O)N1C(=O)[C@@H]1[C@H](O)C[C@@H](c2ccccc2)C[C@H]1Sc1ccccc1. The van der Waals surface area contributed by atoms with Gasteiger partial charge >= 0.3 is 6.09 Å². The molecule has 2 aliphatic rings. The van der Waals surface area contributed by atoms with Gasteiger partial charge < -0.3 is 9.84 Å². The minimum Gasteiger partial charge on any atom is -0.447 e. The number of aliphatic hydroxyl groups excluding tert-OH is 1. The number of hydrogen-bond donors (Lipinski definition) is 1. The van der Waals surface area contributed by atoms with Crippen molar-refractivity contribution in [1.29, 1.82) is 0 Å². The maximum absolute atomic E-state index is 13.8. The third kappa shape index (κ3) is 4.71. The summed E-state index contributed by atoms with van der Waals surface area (Å²) in [5.74, 6) is -0.837. The molecule has 1 heterocycles. The Labute approximate surface area is 194 Å². The summed E-state index contributed by atoms with van der Waals surface area (Å²) in [6.45, 7) is 6.19. The topological polar surface area (TPSA) is 66.8 Å². The van der Waals surface area contributed by atoms with Crippen molar-refractivity contribution in [3.63, 3.8) is 0 Å². The van der Waals surface area contributed by atoms with Gasteiger partial charge in [0.25, 0.3) is 0 Å². The Kier molecular flexibility index (Phi) is 6.63. The van der Waals surface area contributed by atoms with Gasteiger partial charge in [0.1, 0.15) is 6.61 Å². The Morgan fingerprint density at radius 2 is 1.66 bits per heavy atom. The first-order chi connectivity index (χ1) is 15.3. The van der Waals surface area contributed by atoms with E-state index in [0.29, 0.717) is 6.42 Å². The molecule has 0 radical (unpaired) electrons. The summed E-state index contributed by atoms with van der Waals surface area (Å²) in [7, 11) is 0. The second-order valence-electron chi connectivity index (χ2n) is 9.81. The van der Waals surface area contributed by atoms with Crippen molar-refractivity contribution in [2.24, 2.45) is 11.3 Å². The van der Waals surface area contributed by atoms with Crippen molar-refractivity contribution in [2.75, 3.05) is 6.61 Å². The molecule has 1 aliphatic heterocycles. The fourth-order valence-corrected chi connectivity index (χ4v) is 6.23. The average molecular weight is 454 g/mol. The molecule has 4 rings (SSSR count). The van der Waals surface area contributed by atoms with Crippen LogP contribution in [-0.2, 0) is 9.53 Å². The van der Waals surface area contributed by atoms with E-state index in [0.717, 1.165) is 11.3 Å². The molecule has 6 heteroatoms. The maximum atomic E-state index is 13.8. The number of nitrogens with zero attached hydrogens (tertiary/aromatic N) is 1. The van der Waals surface area contributed by atoms with E-state index >= 15 is 0 Å². The average Bonchev–Trinajstić information content (AvgIpc) is 3.16. The van der Waals surface area contributed by atoms with E-state index in [1.54, 1.807) is 11.8 Å². The molecule has 32 heavy (non-hydrogen) atoms. The van der Waals surface area contributed by atoms with E-state index in [-0.39, 0.29) is 35.1 Å². The Morgan fingerprint density at radius 3 is 2.28 bits per heavy atom. The molecule has 2 aromatic rings. The molecule has 1 saturated heterocycles. The highest BCUT2D eigenvalue weighted by atomic mass is 32.2. The predicted octanol–water partition coefficient (Wildman–Crippen LogP) is 5.10. The largest absolute Gasteiger partial charge is 0.447 e.